The van der Waals surface area contributed by atoms with E-state index in [0.29, 0.717) is 0 Å². The molecule has 2 heterocycles. The van der Waals surface area contributed by atoms with Crippen molar-refractivity contribution in [1.82, 2.24) is 0 Å². The van der Waals surface area contributed by atoms with Crippen LogP contribution in [-0.4, -0.2) is 58.3 Å². The highest BCUT2D eigenvalue weighted by atomic mass is 16.5. The lowest BCUT2D eigenvalue weighted by Gasteiger charge is -2.36. The Kier molecular flexibility index (Phi) is 6.97. The molecule has 1 amide bonds. The molecule has 0 saturated carbocycles. The molecule has 6 nitrogen and oxygen atoms in total. The number of piperidine rings is 1. The van der Waals surface area contributed by atoms with E-state index in [0.717, 1.165) is 50.7 Å². The van der Waals surface area contributed by atoms with Crippen molar-refractivity contribution < 1.29 is 14.4 Å². The Hall–Kier alpha value is -2.73. The number of piperazine rings is 1. The SMILES string of the molecule is COc1cccc(N2CC[NH+]([C@H](C)C(=O)Nc3ccc(N4CCCCC4)cc3)CC2)c1. The van der Waals surface area contributed by atoms with Crippen molar-refractivity contribution in [2.75, 3.05) is 61.5 Å². The van der Waals surface area contributed by atoms with Crippen molar-refractivity contribution >= 4 is 23.0 Å². The molecular formula is C25H35N4O2+. The number of rotatable bonds is 6. The fourth-order valence-corrected chi connectivity index (χ4v) is 4.64. The van der Waals surface area contributed by atoms with Crippen molar-refractivity contribution in [3.63, 3.8) is 0 Å². The van der Waals surface area contributed by atoms with Gasteiger partial charge in [0.15, 0.2) is 6.04 Å². The second-order valence-electron chi connectivity index (χ2n) is 8.65. The highest BCUT2D eigenvalue weighted by Crippen LogP contribution is 2.22. The Morgan fingerprint density at radius 2 is 1.61 bits per heavy atom. The molecule has 6 heteroatoms. The molecule has 1 atom stereocenters. The van der Waals surface area contributed by atoms with Gasteiger partial charge in [0.2, 0.25) is 0 Å². The number of nitrogens with zero attached hydrogens (tertiary/aromatic N) is 2. The molecule has 2 saturated heterocycles. The maximum absolute atomic E-state index is 12.9. The third-order valence-corrected chi connectivity index (χ3v) is 6.69. The predicted octanol–water partition coefficient (Wildman–Crippen LogP) is 2.42. The van der Waals surface area contributed by atoms with Gasteiger partial charge in [-0.1, -0.05) is 6.07 Å². The van der Waals surface area contributed by atoms with Gasteiger partial charge in [-0.15, -0.1) is 0 Å². The monoisotopic (exact) mass is 423 g/mol. The van der Waals surface area contributed by atoms with Gasteiger partial charge in [0.25, 0.3) is 5.91 Å². The van der Waals surface area contributed by atoms with E-state index in [-0.39, 0.29) is 11.9 Å². The van der Waals surface area contributed by atoms with E-state index in [9.17, 15) is 4.79 Å². The molecule has 0 spiro atoms. The van der Waals surface area contributed by atoms with Crippen LogP contribution in [0.4, 0.5) is 17.1 Å². The number of carbonyl (C=O) groups excluding carboxylic acids is 1. The van der Waals surface area contributed by atoms with Crippen LogP contribution in [0.15, 0.2) is 48.5 Å². The second kappa shape index (κ2) is 10.1. The first-order valence-corrected chi connectivity index (χ1v) is 11.5. The maximum Gasteiger partial charge on any atom is 0.282 e. The van der Waals surface area contributed by atoms with Crippen LogP contribution >= 0.6 is 0 Å². The minimum absolute atomic E-state index is 0.0748. The number of hydrogen-bond acceptors (Lipinski definition) is 4. The van der Waals surface area contributed by atoms with E-state index in [1.807, 2.05) is 31.2 Å². The second-order valence-corrected chi connectivity index (χ2v) is 8.65. The predicted molar refractivity (Wildman–Crippen MR) is 127 cm³/mol. The summed E-state index contributed by atoms with van der Waals surface area (Å²) in [6.07, 6.45) is 3.87. The van der Waals surface area contributed by atoms with Crippen molar-refractivity contribution in [3.8, 4) is 5.75 Å². The molecule has 0 aliphatic carbocycles. The topological polar surface area (TPSA) is 49.3 Å². The van der Waals surface area contributed by atoms with Crippen LogP contribution in [0.1, 0.15) is 26.2 Å². The zero-order valence-corrected chi connectivity index (χ0v) is 18.8. The van der Waals surface area contributed by atoms with Crippen LogP contribution in [-0.2, 0) is 4.79 Å². The summed E-state index contributed by atoms with van der Waals surface area (Å²) in [5.41, 5.74) is 3.32. The summed E-state index contributed by atoms with van der Waals surface area (Å²) >= 11 is 0. The van der Waals surface area contributed by atoms with E-state index in [1.165, 1.54) is 35.5 Å². The van der Waals surface area contributed by atoms with Crippen molar-refractivity contribution in [2.45, 2.75) is 32.2 Å². The molecular weight excluding hydrogens is 388 g/mol. The van der Waals surface area contributed by atoms with Gasteiger partial charge in [0, 0.05) is 36.2 Å². The summed E-state index contributed by atoms with van der Waals surface area (Å²) < 4.78 is 5.35. The normalized spacial score (nSPS) is 18.5. The van der Waals surface area contributed by atoms with E-state index in [2.05, 4.69) is 39.4 Å². The Morgan fingerprint density at radius 3 is 2.29 bits per heavy atom. The number of ether oxygens (including phenoxy) is 1. The highest BCUT2D eigenvalue weighted by molar-refractivity contribution is 5.93. The molecule has 2 aliphatic heterocycles. The number of carbonyl (C=O) groups is 1. The number of amides is 1. The van der Waals surface area contributed by atoms with Crippen LogP contribution in [0.5, 0.6) is 5.75 Å². The Labute approximate surface area is 185 Å². The summed E-state index contributed by atoms with van der Waals surface area (Å²) in [4.78, 5) is 19.0. The number of nitrogens with one attached hydrogen (secondary N) is 2. The molecule has 0 bridgehead atoms. The van der Waals surface area contributed by atoms with Crippen LogP contribution in [0, 0.1) is 0 Å². The van der Waals surface area contributed by atoms with Gasteiger partial charge in [-0.25, -0.2) is 0 Å². The van der Waals surface area contributed by atoms with E-state index in [4.69, 9.17) is 4.74 Å². The van der Waals surface area contributed by atoms with Gasteiger partial charge in [0.05, 0.1) is 33.3 Å². The molecule has 0 radical (unpaired) electrons. The molecule has 166 valence electrons. The van der Waals surface area contributed by atoms with Crippen LogP contribution < -0.4 is 24.8 Å². The highest BCUT2D eigenvalue weighted by Gasteiger charge is 2.29. The quantitative estimate of drug-likeness (QED) is 0.749. The lowest BCUT2D eigenvalue weighted by Crippen LogP contribution is -3.19. The molecule has 31 heavy (non-hydrogen) atoms. The first-order chi connectivity index (χ1) is 15.1. The number of anilines is 3. The van der Waals surface area contributed by atoms with Gasteiger partial charge < -0.3 is 24.8 Å². The van der Waals surface area contributed by atoms with E-state index >= 15 is 0 Å². The Morgan fingerprint density at radius 1 is 0.935 bits per heavy atom. The molecule has 2 aliphatic rings. The van der Waals surface area contributed by atoms with E-state index in [1.54, 1.807) is 7.11 Å². The number of quaternary nitrogens is 1. The average molecular weight is 424 g/mol. The standard InChI is InChI=1S/C25H34N4O2/c1-20(27-15-17-29(18-16-27)23-7-6-8-24(19-23)31-2)25(30)26-21-9-11-22(12-10-21)28-13-4-3-5-14-28/h6-12,19-20H,3-5,13-18H2,1-2H3,(H,26,30)/p+1/t20-/m1/s1. The minimum Gasteiger partial charge on any atom is -0.497 e. The zero-order valence-electron chi connectivity index (χ0n) is 18.8. The maximum atomic E-state index is 12.9. The average Bonchev–Trinajstić information content (AvgIpc) is 2.84. The van der Waals surface area contributed by atoms with Gasteiger partial charge in [-0.05, 0) is 62.6 Å². The van der Waals surface area contributed by atoms with E-state index < -0.39 is 0 Å². The van der Waals surface area contributed by atoms with Crippen LogP contribution in [0.25, 0.3) is 0 Å². The lowest BCUT2D eigenvalue weighted by atomic mass is 10.1. The summed E-state index contributed by atoms with van der Waals surface area (Å²) in [6.45, 7) is 8.06. The smallest absolute Gasteiger partial charge is 0.282 e. The van der Waals surface area contributed by atoms with Gasteiger partial charge in [-0.2, -0.15) is 0 Å². The van der Waals surface area contributed by atoms with Gasteiger partial charge in [-0.3, -0.25) is 4.79 Å². The molecule has 0 unspecified atom stereocenters. The Balaban J connectivity index is 1.28. The molecule has 2 aromatic rings. The molecule has 2 fully saturated rings. The molecule has 2 N–H and O–H groups in total. The largest absolute Gasteiger partial charge is 0.497 e. The molecule has 0 aromatic heterocycles. The number of hydrogen-bond donors (Lipinski definition) is 2. The summed E-state index contributed by atoms with van der Waals surface area (Å²) in [6, 6.07) is 16.4. The van der Waals surface area contributed by atoms with Crippen LogP contribution in [0.3, 0.4) is 0 Å². The van der Waals surface area contributed by atoms with Gasteiger partial charge in [0.1, 0.15) is 5.75 Å². The summed E-state index contributed by atoms with van der Waals surface area (Å²) in [7, 11) is 1.70. The third kappa shape index (κ3) is 5.31. The lowest BCUT2D eigenvalue weighted by molar-refractivity contribution is -0.914. The zero-order chi connectivity index (χ0) is 21.6. The minimum atomic E-state index is -0.0748. The fraction of sp³-hybridized carbons (Fsp3) is 0.480. The fourth-order valence-electron chi connectivity index (χ4n) is 4.64. The number of methoxy groups -OCH3 is 1. The van der Waals surface area contributed by atoms with Crippen LogP contribution in [0.2, 0.25) is 0 Å². The summed E-state index contributed by atoms with van der Waals surface area (Å²) in [5.74, 6) is 0.974. The van der Waals surface area contributed by atoms with Gasteiger partial charge >= 0.3 is 0 Å². The summed E-state index contributed by atoms with van der Waals surface area (Å²) in [5, 5.41) is 3.12. The molecule has 2 aromatic carbocycles. The molecule has 4 rings (SSSR count). The van der Waals surface area contributed by atoms with Crippen molar-refractivity contribution in [1.29, 1.82) is 0 Å². The van der Waals surface area contributed by atoms with Crippen molar-refractivity contribution in [3.05, 3.63) is 48.5 Å². The Bertz CT molecular complexity index is 856. The first kappa shape index (κ1) is 21.5. The van der Waals surface area contributed by atoms with Crippen molar-refractivity contribution in [2.24, 2.45) is 0 Å². The first-order valence-electron chi connectivity index (χ1n) is 11.5. The third-order valence-electron chi connectivity index (χ3n) is 6.69. The number of benzene rings is 2.